The van der Waals surface area contributed by atoms with Crippen molar-refractivity contribution in [3.05, 3.63) is 3.92 Å². The van der Waals surface area contributed by atoms with Gasteiger partial charge in [0.15, 0.2) is 3.92 Å². The summed E-state index contributed by atoms with van der Waals surface area (Å²) in [6.45, 7) is 2.84. The van der Waals surface area contributed by atoms with Crippen molar-refractivity contribution in [1.29, 1.82) is 0 Å². The average Bonchev–Trinajstić information content (AvgIpc) is 2.48. The number of nitrogens with one attached hydrogen (secondary N) is 1. The molecule has 0 bridgehead atoms. The summed E-state index contributed by atoms with van der Waals surface area (Å²) in [6, 6.07) is 0.506. The molecule has 1 heterocycles. The number of nitrogens with zero attached hydrogens (tertiary/aromatic N) is 2. The predicted molar refractivity (Wildman–Crippen MR) is 59.7 cm³/mol. The van der Waals surface area contributed by atoms with Crippen LogP contribution in [-0.2, 0) is 4.74 Å². The lowest BCUT2D eigenvalue weighted by atomic mass is 9.89. The second-order valence-corrected chi connectivity index (χ2v) is 5.50. The Balaban J connectivity index is 1.74. The van der Waals surface area contributed by atoms with Crippen LogP contribution in [0.1, 0.15) is 19.8 Å². The molecule has 1 saturated carbocycles. The first kappa shape index (κ1) is 10.3. The van der Waals surface area contributed by atoms with Crippen LogP contribution in [0.4, 0.5) is 5.13 Å². The zero-order valence-corrected chi connectivity index (χ0v) is 10.3. The largest absolute Gasteiger partial charge is 0.378 e. The van der Waals surface area contributed by atoms with Crippen LogP contribution < -0.4 is 5.32 Å². The van der Waals surface area contributed by atoms with Gasteiger partial charge >= 0.3 is 0 Å². The van der Waals surface area contributed by atoms with E-state index in [4.69, 9.17) is 4.74 Å². The van der Waals surface area contributed by atoms with Gasteiger partial charge in [0.25, 0.3) is 0 Å². The van der Waals surface area contributed by atoms with Crippen LogP contribution in [0.2, 0.25) is 0 Å². The van der Waals surface area contributed by atoms with E-state index in [1.54, 1.807) is 0 Å². The standard InChI is InChI=1S/C8H12BrN3OS/c1-2-13-6-3-5(4-6)10-8-12-11-7(9)14-8/h5-6H,2-4H2,1H3,(H,10,12). The maximum Gasteiger partial charge on any atom is 0.206 e. The van der Waals surface area contributed by atoms with Gasteiger partial charge in [-0.25, -0.2) is 0 Å². The lowest BCUT2D eigenvalue weighted by Gasteiger charge is -2.35. The fourth-order valence-electron chi connectivity index (χ4n) is 1.49. The third kappa shape index (κ3) is 2.43. The van der Waals surface area contributed by atoms with Crippen molar-refractivity contribution < 1.29 is 4.74 Å². The van der Waals surface area contributed by atoms with Crippen molar-refractivity contribution in [2.45, 2.75) is 31.9 Å². The zero-order valence-electron chi connectivity index (χ0n) is 7.86. The van der Waals surface area contributed by atoms with E-state index in [9.17, 15) is 0 Å². The van der Waals surface area contributed by atoms with Crippen LogP contribution in [-0.4, -0.2) is 29.0 Å². The molecule has 1 aromatic heterocycles. The molecule has 0 aliphatic heterocycles. The summed E-state index contributed by atoms with van der Waals surface area (Å²) < 4.78 is 6.29. The van der Waals surface area contributed by atoms with E-state index in [-0.39, 0.29) is 0 Å². The van der Waals surface area contributed by atoms with Crippen LogP contribution in [0.25, 0.3) is 0 Å². The number of aromatic nitrogens is 2. The SMILES string of the molecule is CCOC1CC(Nc2nnc(Br)s2)C1. The van der Waals surface area contributed by atoms with Crippen LogP contribution in [0.3, 0.4) is 0 Å². The molecule has 0 aromatic carbocycles. The summed E-state index contributed by atoms with van der Waals surface area (Å²) in [7, 11) is 0. The highest BCUT2D eigenvalue weighted by Gasteiger charge is 2.29. The van der Waals surface area contributed by atoms with Gasteiger partial charge in [0.1, 0.15) is 0 Å². The molecule has 78 valence electrons. The molecular weight excluding hydrogens is 266 g/mol. The van der Waals surface area contributed by atoms with Gasteiger partial charge in [-0.05, 0) is 35.7 Å². The average molecular weight is 278 g/mol. The second kappa shape index (κ2) is 4.55. The van der Waals surface area contributed by atoms with E-state index < -0.39 is 0 Å². The van der Waals surface area contributed by atoms with Crippen LogP contribution in [0, 0.1) is 0 Å². The maximum absolute atomic E-state index is 5.47. The summed E-state index contributed by atoms with van der Waals surface area (Å²) in [5.74, 6) is 0. The molecule has 1 N–H and O–H groups in total. The van der Waals surface area contributed by atoms with Gasteiger partial charge in [-0.15, -0.1) is 10.2 Å². The monoisotopic (exact) mass is 277 g/mol. The number of rotatable bonds is 4. The lowest BCUT2D eigenvalue weighted by molar-refractivity contribution is 0.00298. The molecule has 1 aliphatic carbocycles. The van der Waals surface area contributed by atoms with Gasteiger partial charge in [-0.3, -0.25) is 0 Å². The minimum absolute atomic E-state index is 0.439. The highest BCUT2D eigenvalue weighted by Crippen LogP contribution is 2.28. The first-order valence-electron chi connectivity index (χ1n) is 4.65. The molecule has 0 amide bonds. The Morgan fingerprint density at radius 3 is 2.93 bits per heavy atom. The van der Waals surface area contributed by atoms with E-state index in [0.29, 0.717) is 12.1 Å². The third-order valence-corrected chi connectivity index (χ3v) is 3.51. The molecule has 1 fully saturated rings. The van der Waals surface area contributed by atoms with Crippen molar-refractivity contribution in [2.75, 3.05) is 11.9 Å². The molecule has 0 atom stereocenters. The zero-order chi connectivity index (χ0) is 9.97. The Labute approximate surface area is 95.2 Å². The molecule has 0 spiro atoms. The molecular formula is C8H12BrN3OS. The van der Waals surface area contributed by atoms with Gasteiger partial charge in [-0.2, -0.15) is 0 Å². The molecule has 2 rings (SSSR count). The summed E-state index contributed by atoms with van der Waals surface area (Å²) >= 11 is 4.80. The van der Waals surface area contributed by atoms with Crippen LogP contribution in [0.5, 0.6) is 0 Å². The lowest BCUT2D eigenvalue weighted by Crippen LogP contribution is -2.40. The molecule has 4 nitrogen and oxygen atoms in total. The minimum Gasteiger partial charge on any atom is -0.378 e. The smallest absolute Gasteiger partial charge is 0.206 e. The number of halogens is 1. The normalized spacial score (nSPS) is 25.9. The molecule has 1 aromatic rings. The molecule has 6 heteroatoms. The highest BCUT2D eigenvalue weighted by molar-refractivity contribution is 9.11. The fraction of sp³-hybridized carbons (Fsp3) is 0.750. The van der Waals surface area contributed by atoms with Crippen molar-refractivity contribution >= 4 is 32.4 Å². The van der Waals surface area contributed by atoms with E-state index >= 15 is 0 Å². The van der Waals surface area contributed by atoms with Gasteiger partial charge < -0.3 is 10.1 Å². The topological polar surface area (TPSA) is 47.0 Å². The molecule has 0 saturated heterocycles. The number of hydrogen-bond donors (Lipinski definition) is 1. The first-order valence-corrected chi connectivity index (χ1v) is 6.26. The van der Waals surface area contributed by atoms with Gasteiger partial charge in [0, 0.05) is 12.6 Å². The highest BCUT2D eigenvalue weighted by atomic mass is 79.9. The summed E-state index contributed by atoms with van der Waals surface area (Å²) in [5.41, 5.74) is 0. The Morgan fingerprint density at radius 1 is 1.57 bits per heavy atom. The van der Waals surface area contributed by atoms with Crippen LogP contribution >= 0.6 is 27.3 Å². The number of hydrogen-bond acceptors (Lipinski definition) is 5. The van der Waals surface area contributed by atoms with E-state index in [2.05, 4.69) is 31.4 Å². The van der Waals surface area contributed by atoms with E-state index in [1.165, 1.54) is 11.3 Å². The Bertz CT molecular complexity index is 301. The summed E-state index contributed by atoms with van der Waals surface area (Å²) in [4.78, 5) is 0. The van der Waals surface area contributed by atoms with Gasteiger partial charge in [0.2, 0.25) is 5.13 Å². The van der Waals surface area contributed by atoms with Crippen molar-refractivity contribution in [1.82, 2.24) is 10.2 Å². The molecule has 14 heavy (non-hydrogen) atoms. The van der Waals surface area contributed by atoms with Gasteiger partial charge in [-0.1, -0.05) is 11.3 Å². The van der Waals surface area contributed by atoms with E-state index in [0.717, 1.165) is 28.5 Å². The van der Waals surface area contributed by atoms with Crippen molar-refractivity contribution in [2.24, 2.45) is 0 Å². The molecule has 0 radical (unpaired) electrons. The minimum atomic E-state index is 0.439. The number of anilines is 1. The number of ether oxygens (including phenoxy) is 1. The van der Waals surface area contributed by atoms with Crippen molar-refractivity contribution in [3.63, 3.8) is 0 Å². The second-order valence-electron chi connectivity index (χ2n) is 3.25. The quantitative estimate of drug-likeness (QED) is 0.917. The Morgan fingerprint density at radius 2 is 2.36 bits per heavy atom. The first-order chi connectivity index (χ1) is 6.78. The van der Waals surface area contributed by atoms with Gasteiger partial charge in [0.05, 0.1) is 6.10 Å². The van der Waals surface area contributed by atoms with Crippen molar-refractivity contribution in [3.8, 4) is 0 Å². The maximum atomic E-state index is 5.47. The Kier molecular flexibility index (Phi) is 3.35. The fourth-order valence-corrected chi connectivity index (χ4v) is 2.58. The van der Waals surface area contributed by atoms with E-state index in [1.807, 2.05) is 6.92 Å². The Hall–Kier alpha value is -0.200. The predicted octanol–water partition coefficient (Wildman–Crippen LogP) is 2.28. The molecule has 1 aliphatic rings. The summed E-state index contributed by atoms with van der Waals surface area (Å²) in [5, 5.41) is 12.1. The third-order valence-electron chi connectivity index (χ3n) is 2.23. The summed E-state index contributed by atoms with van der Waals surface area (Å²) in [6.07, 6.45) is 2.59. The molecule has 0 unspecified atom stereocenters. The van der Waals surface area contributed by atoms with Crippen LogP contribution in [0.15, 0.2) is 3.92 Å².